The van der Waals surface area contributed by atoms with Gasteiger partial charge < -0.3 is 10.1 Å². The Morgan fingerprint density at radius 2 is 2.06 bits per heavy atom. The molecule has 1 heterocycles. The van der Waals surface area contributed by atoms with Crippen LogP contribution in [0.4, 0.5) is 0 Å². The summed E-state index contributed by atoms with van der Waals surface area (Å²) in [5.41, 5.74) is 1.27. The van der Waals surface area contributed by atoms with Crippen LogP contribution < -0.4 is 10.1 Å². The molecule has 2 rings (SSSR count). The van der Waals surface area contributed by atoms with E-state index in [2.05, 4.69) is 5.32 Å². The molecule has 0 amide bonds. The van der Waals surface area contributed by atoms with E-state index in [0.717, 1.165) is 6.54 Å². The molecule has 1 aliphatic rings. The molecule has 1 N–H and O–H groups in total. The van der Waals surface area contributed by atoms with E-state index < -0.39 is 0 Å². The molecule has 0 aromatic heterocycles. The minimum Gasteiger partial charge on any atom is -0.427 e. The summed E-state index contributed by atoms with van der Waals surface area (Å²) in [6.45, 7) is 2.50. The number of hydrogen-bond donors (Lipinski definition) is 1. The van der Waals surface area contributed by atoms with Crippen LogP contribution in [-0.4, -0.2) is 12.5 Å². The quantitative estimate of drug-likeness (QED) is 0.639. The number of nitrogens with one attached hydrogen (secondary N) is 1. The van der Waals surface area contributed by atoms with Gasteiger partial charge in [0.05, 0.1) is 0 Å². The lowest BCUT2D eigenvalue weighted by atomic mass is 10.1. The van der Waals surface area contributed by atoms with Gasteiger partial charge in [0, 0.05) is 13.0 Å². The number of esters is 1. The van der Waals surface area contributed by atoms with Crippen LogP contribution in [0, 0.1) is 0 Å². The fourth-order valence-electron chi connectivity index (χ4n) is 1.90. The Hall–Kier alpha value is -1.06. The molecule has 4 heteroatoms. The van der Waals surface area contributed by atoms with E-state index in [1.54, 1.807) is 0 Å². The lowest BCUT2D eigenvalue weighted by molar-refractivity contribution is -0.131. The highest BCUT2D eigenvalue weighted by atomic mass is 35.5. The molecular formula is C12H16ClNO2. The van der Waals surface area contributed by atoms with Crippen molar-refractivity contribution in [3.8, 4) is 5.75 Å². The number of ether oxygens (including phenoxy) is 1. The van der Waals surface area contributed by atoms with Crippen molar-refractivity contribution in [2.45, 2.75) is 25.8 Å². The fourth-order valence-corrected chi connectivity index (χ4v) is 1.90. The highest BCUT2D eigenvalue weighted by molar-refractivity contribution is 5.85. The van der Waals surface area contributed by atoms with Gasteiger partial charge in [-0.05, 0) is 37.1 Å². The molecule has 0 unspecified atom stereocenters. The van der Waals surface area contributed by atoms with Gasteiger partial charge in [0.25, 0.3) is 0 Å². The van der Waals surface area contributed by atoms with Gasteiger partial charge in [-0.3, -0.25) is 4.79 Å². The van der Waals surface area contributed by atoms with Gasteiger partial charge in [0.1, 0.15) is 5.75 Å². The van der Waals surface area contributed by atoms with Crippen LogP contribution in [0.15, 0.2) is 24.3 Å². The van der Waals surface area contributed by atoms with E-state index in [1.807, 2.05) is 24.3 Å². The first-order valence-electron chi connectivity index (χ1n) is 5.27. The van der Waals surface area contributed by atoms with Crippen molar-refractivity contribution in [1.29, 1.82) is 0 Å². The molecule has 1 aliphatic heterocycles. The summed E-state index contributed by atoms with van der Waals surface area (Å²) in [6.07, 6.45) is 2.42. The van der Waals surface area contributed by atoms with Gasteiger partial charge in [-0.15, -0.1) is 12.4 Å². The summed E-state index contributed by atoms with van der Waals surface area (Å²) in [7, 11) is 0. The molecule has 16 heavy (non-hydrogen) atoms. The maximum atomic E-state index is 10.7. The summed E-state index contributed by atoms with van der Waals surface area (Å²) >= 11 is 0. The van der Waals surface area contributed by atoms with Crippen LogP contribution in [0.25, 0.3) is 0 Å². The zero-order valence-electron chi connectivity index (χ0n) is 9.23. The Kier molecular flexibility index (Phi) is 4.77. The van der Waals surface area contributed by atoms with Crippen molar-refractivity contribution < 1.29 is 9.53 Å². The van der Waals surface area contributed by atoms with Crippen LogP contribution in [0.5, 0.6) is 5.75 Å². The lowest BCUT2D eigenvalue weighted by Crippen LogP contribution is -2.12. The van der Waals surface area contributed by atoms with Gasteiger partial charge in [-0.2, -0.15) is 0 Å². The largest absolute Gasteiger partial charge is 0.427 e. The Morgan fingerprint density at radius 1 is 1.38 bits per heavy atom. The first kappa shape index (κ1) is 13.0. The number of rotatable bonds is 2. The van der Waals surface area contributed by atoms with E-state index in [9.17, 15) is 4.79 Å². The van der Waals surface area contributed by atoms with Crippen molar-refractivity contribution in [1.82, 2.24) is 5.32 Å². The molecular weight excluding hydrogens is 226 g/mol. The Bertz CT molecular complexity index is 345. The predicted octanol–water partition coefficient (Wildman–Crippen LogP) is 2.46. The van der Waals surface area contributed by atoms with Crippen molar-refractivity contribution in [2.24, 2.45) is 0 Å². The average molecular weight is 242 g/mol. The first-order chi connectivity index (χ1) is 7.25. The van der Waals surface area contributed by atoms with Crippen LogP contribution in [0.3, 0.4) is 0 Å². The summed E-state index contributed by atoms with van der Waals surface area (Å²) in [5.74, 6) is 0.339. The summed E-state index contributed by atoms with van der Waals surface area (Å²) in [6, 6.07) is 8.19. The summed E-state index contributed by atoms with van der Waals surface area (Å²) < 4.78 is 4.97. The molecule has 1 atom stereocenters. The smallest absolute Gasteiger partial charge is 0.308 e. The van der Waals surface area contributed by atoms with Crippen molar-refractivity contribution in [2.75, 3.05) is 6.54 Å². The van der Waals surface area contributed by atoms with Crippen LogP contribution in [0.2, 0.25) is 0 Å². The third-order valence-electron chi connectivity index (χ3n) is 2.60. The van der Waals surface area contributed by atoms with Crippen molar-refractivity contribution >= 4 is 18.4 Å². The molecule has 1 saturated heterocycles. The Morgan fingerprint density at radius 3 is 2.56 bits per heavy atom. The predicted molar refractivity (Wildman–Crippen MR) is 65.0 cm³/mol. The number of hydrogen-bond acceptors (Lipinski definition) is 3. The molecule has 0 bridgehead atoms. The maximum Gasteiger partial charge on any atom is 0.308 e. The number of halogens is 1. The normalized spacial score (nSPS) is 18.9. The molecule has 3 nitrogen and oxygen atoms in total. The second-order valence-corrected chi connectivity index (χ2v) is 3.81. The van der Waals surface area contributed by atoms with Crippen LogP contribution >= 0.6 is 12.4 Å². The topological polar surface area (TPSA) is 38.3 Å². The van der Waals surface area contributed by atoms with Gasteiger partial charge in [-0.1, -0.05) is 12.1 Å². The second-order valence-electron chi connectivity index (χ2n) is 3.81. The molecule has 88 valence electrons. The average Bonchev–Trinajstić information content (AvgIpc) is 2.71. The van der Waals surface area contributed by atoms with Gasteiger partial charge >= 0.3 is 5.97 Å². The SMILES string of the molecule is CC(=O)Oc1ccc([C@H]2CCCN2)cc1.Cl. The second kappa shape index (κ2) is 5.87. The van der Waals surface area contributed by atoms with E-state index in [-0.39, 0.29) is 18.4 Å². The van der Waals surface area contributed by atoms with Gasteiger partial charge in [-0.25, -0.2) is 0 Å². The zero-order chi connectivity index (χ0) is 10.7. The Balaban J connectivity index is 0.00000128. The lowest BCUT2D eigenvalue weighted by Gasteiger charge is -2.10. The summed E-state index contributed by atoms with van der Waals surface area (Å²) in [5, 5.41) is 3.43. The monoisotopic (exact) mass is 241 g/mol. The number of benzene rings is 1. The molecule has 0 spiro atoms. The number of carbonyl (C=O) groups is 1. The highest BCUT2D eigenvalue weighted by Gasteiger charge is 2.15. The molecule has 0 radical (unpaired) electrons. The molecule has 0 saturated carbocycles. The molecule has 0 aliphatic carbocycles. The van der Waals surface area contributed by atoms with Gasteiger partial charge in [0.2, 0.25) is 0 Å². The molecule has 1 aromatic carbocycles. The Labute approximate surface area is 102 Å². The molecule has 1 fully saturated rings. The zero-order valence-corrected chi connectivity index (χ0v) is 10.0. The number of carbonyl (C=O) groups excluding carboxylic acids is 1. The first-order valence-corrected chi connectivity index (χ1v) is 5.27. The van der Waals surface area contributed by atoms with Crippen molar-refractivity contribution in [3.05, 3.63) is 29.8 Å². The highest BCUT2D eigenvalue weighted by Crippen LogP contribution is 2.24. The van der Waals surface area contributed by atoms with E-state index in [4.69, 9.17) is 4.74 Å². The fraction of sp³-hybridized carbons (Fsp3) is 0.417. The summed E-state index contributed by atoms with van der Waals surface area (Å²) in [4.78, 5) is 10.7. The molecule has 1 aromatic rings. The van der Waals surface area contributed by atoms with Crippen LogP contribution in [-0.2, 0) is 4.79 Å². The van der Waals surface area contributed by atoms with E-state index in [1.165, 1.54) is 25.3 Å². The third-order valence-corrected chi connectivity index (χ3v) is 2.60. The standard InChI is InChI=1S/C12H15NO2.ClH/c1-9(14)15-11-6-4-10(5-7-11)12-3-2-8-13-12;/h4-7,12-13H,2-3,8H2,1H3;1H/t12-;/m1./s1. The maximum absolute atomic E-state index is 10.7. The van der Waals surface area contributed by atoms with Gasteiger partial charge in [0.15, 0.2) is 0 Å². The minimum atomic E-state index is -0.276. The van der Waals surface area contributed by atoms with Crippen molar-refractivity contribution in [3.63, 3.8) is 0 Å². The van der Waals surface area contributed by atoms with Crippen LogP contribution in [0.1, 0.15) is 31.4 Å². The van der Waals surface area contributed by atoms with E-state index in [0.29, 0.717) is 11.8 Å². The van der Waals surface area contributed by atoms with E-state index >= 15 is 0 Å². The minimum absolute atomic E-state index is 0. The third kappa shape index (κ3) is 3.22.